The first-order valence-corrected chi connectivity index (χ1v) is 7.06. The van der Waals surface area contributed by atoms with Gasteiger partial charge in [-0.1, -0.05) is 38.1 Å². The van der Waals surface area contributed by atoms with Crippen LogP contribution in [0.1, 0.15) is 57.1 Å². The van der Waals surface area contributed by atoms with Crippen molar-refractivity contribution in [3.63, 3.8) is 0 Å². The highest BCUT2D eigenvalue weighted by atomic mass is 16.1. The molecule has 1 atom stereocenters. The maximum Gasteiger partial charge on any atom is 0.227 e. The van der Waals surface area contributed by atoms with Crippen LogP contribution in [0.4, 0.5) is 0 Å². The number of amides is 1. The van der Waals surface area contributed by atoms with E-state index in [-0.39, 0.29) is 17.9 Å². The van der Waals surface area contributed by atoms with Gasteiger partial charge in [-0.15, -0.1) is 0 Å². The zero-order valence-corrected chi connectivity index (χ0v) is 12.4. The second-order valence-electron chi connectivity index (χ2n) is 5.61. The molecule has 0 saturated carbocycles. The summed E-state index contributed by atoms with van der Waals surface area (Å²) < 4.78 is 0. The number of hydrogen-bond acceptors (Lipinski definition) is 2. The number of rotatable bonds is 6. The molecular weight excluding hydrogens is 236 g/mol. The summed E-state index contributed by atoms with van der Waals surface area (Å²) in [4.78, 5) is 12.2. The number of benzene rings is 1. The summed E-state index contributed by atoms with van der Waals surface area (Å²) in [5, 5.41) is 2.97. The molecule has 0 radical (unpaired) electrons. The highest BCUT2D eigenvalue weighted by Gasteiger charge is 2.20. The van der Waals surface area contributed by atoms with E-state index in [1.807, 2.05) is 13.8 Å². The van der Waals surface area contributed by atoms with Gasteiger partial charge in [0, 0.05) is 6.04 Å². The molecule has 3 N–H and O–H groups in total. The molecule has 0 spiro atoms. The van der Waals surface area contributed by atoms with Crippen molar-refractivity contribution in [3.8, 4) is 0 Å². The molecule has 0 aliphatic heterocycles. The third-order valence-corrected chi connectivity index (χ3v) is 3.21. The Hall–Kier alpha value is -1.35. The van der Waals surface area contributed by atoms with E-state index in [1.165, 1.54) is 5.56 Å². The van der Waals surface area contributed by atoms with Crippen molar-refractivity contribution in [2.75, 3.05) is 6.54 Å². The Bertz CT molecular complexity index is 396. The predicted molar refractivity (Wildman–Crippen MR) is 80.2 cm³/mol. The topological polar surface area (TPSA) is 55.1 Å². The Kier molecular flexibility index (Phi) is 6.03. The maximum absolute atomic E-state index is 12.2. The Labute approximate surface area is 116 Å². The predicted octanol–water partition coefficient (Wildman–Crippen LogP) is 2.77. The van der Waals surface area contributed by atoms with Gasteiger partial charge in [0.15, 0.2) is 0 Å². The van der Waals surface area contributed by atoms with Gasteiger partial charge < -0.3 is 11.1 Å². The second-order valence-corrected chi connectivity index (χ2v) is 5.61. The van der Waals surface area contributed by atoms with Crippen molar-refractivity contribution in [2.45, 2.75) is 52.0 Å². The molecule has 1 unspecified atom stereocenters. The van der Waals surface area contributed by atoms with Crippen molar-refractivity contribution in [3.05, 3.63) is 35.4 Å². The Morgan fingerprint density at radius 2 is 1.63 bits per heavy atom. The number of hydrogen-bond donors (Lipinski definition) is 2. The Morgan fingerprint density at radius 1 is 1.11 bits per heavy atom. The quantitative estimate of drug-likeness (QED) is 0.828. The summed E-state index contributed by atoms with van der Waals surface area (Å²) in [5.41, 5.74) is 7.97. The van der Waals surface area contributed by atoms with Crippen LogP contribution in [-0.4, -0.2) is 18.5 Å². The van der Waals surface area contributed by atoms with E-state index in [0.29, 0.717) is 18.9 Å². The van der Waals surface area contributed by atoms with Crippen LogP contribution in [0.15, 0.2) is 24.3 Å². The number of carbonyl (C=O) groups is 1. The van der Waals surface area contributed by atoms with Gasteiger partial charge in [-0.3, -0.25) is 4.79 Å². The monoisotopic (exact) mass is 262 g/mol. The molecule has 3 nitrogen and oxygen atoms in total. The fraction of sp³-hybridized carbons (Fsp3) is 0.562. The summed E-state index contributed by atoms with van der Waals surface area (Å²) >= 11 is 0. The van der Waals surface area contributed by atoms with Crippen LogP contribution >= 0.6 is 0 Å². The largest absolute Gasteiger partial charge is 0.353 e. The lowest BCUT2D eigenvalue weighted by molar-refractivity contribution is -0.123. The highest BCUT2D eigenvalue weighted by Crippen LogP contribution is 2.22. The number of nitrogens with one attached hydrogen (secondary N) is 1. The van der Waals surface area contributed by atoms with Crippen LogP contribution in [-0.2, 0) is 4.79 Å². The molecular formula is C16H26N2O. The smallest absolute Gasteiger partial charge is 0.227 e. The van der Waals surface area contributed by atoms with Crippen LogP contribution in [0.3, 0.4) is 0 Å². The van der Waals surface area contributed by atoms with Gasteiger partial charge in [-0.2, -0.15) is 0 Å². The van der Waals surface area contributed by atoms with E-state index >= 15 is 0 Å². The molecule has 1 aromatic rings. The Morgan fingerprint density at radius 3 is 2.05 bits per heavy atom. The van der Waals surface area contributed by atoms with Crippen LogP contribution < -0.4 is 11.1 Å². The van der Waals surface area contributed by atoms with Crippen molar-refractivity contribution in [2.24, 2.45) is 5.73 Å². The zero-order chi connectivity index (χ0) is 14.4. The Balaban J connectivity index is 2.89. The molecule has 0 heterocycles. The average molecular weight is 262 g/mol. The van der Waals surface area contributed by atoms with Gasteiger partial charge in [0.05, 0.1) is 5.92 Å². The lowest BCUT2D eigenvalue weighted by atomic mass is 9.92. The summed E-state index contributed by atoms with van der Waals surface area (Å²) in [5.74, 6) is 0.429. The molecule has 0 aliphatic rings. The standard InChI is InChI=1S/C16H26N2O/c1-11(2)13-5-7-14(8-6-13)15(9-10-17)16(19)18-12(3)4/h5-8,11-12,15H,9-10,17H2,1-4H3,(H,18,19). The van der Waals surface area contributed by atoms with Crippen LogP contribution in [0.25, 0.3) is 0 Å². The van der Waals surface area contributed by atoms with Crippen molar-refractivity contribution in [1.29, 1.82) is 0 Å². The van der Waals surface area contributed by atoms with Crippen LogP contribution in [0.2, 0.25) is 0 Å². The molecule has 0 fully saturated rings. The van der Waals surface area contributed by atoms with Gasteiger partial charge in [0.1, 0.15) is 0 Å². The molecule has 106 valence electrons. The average Bonchev–Trinajstić information content (AvgIpc) is 2.35. The lowest BCUT2D eigenvalue weighted by Crippen LogP contribution is -2.35. The fourth-order valence-corrected chi connectivity index (χ4v) is 2.11. The summed E-state index contributed by atoms with van der Waals surface area (Å²) in [6.07, 6.45) is 0.680. The minimum atomic E-state index is -0.145. The SMILES string of the molecule is CC(C)NC(=O)C(CCN)c1ccc(C(C)C)cc1. The van der Waals surface area contributed by atoms with E-state index < -0.39 is 0 Å². The van der Waals surface area contributed by atoms with Crippen molar-refractivity contribution < 1.29 is 4.79 Å². The minimum absolute atomic E-state index is 0.0674. The van der Waals surface area contributed by atoms with E-state index in [9.17, 15) is 4.79 Å². The maximum atomic E-state index is 12.2. The molecule has 0 saturated heterocycles. The molecule has 0 aromatic heterocycles. The first-order valence-electron chi connectivity index (χ1n) is 7.06. The molecule has 3 heteroatoms. The van der Waals surface area contributed by atoms with Gasteiger partial charge in [-0.05, 0) is 43.9 Å². The van der Waals surface area contributed by atoms with E-state index in [4.69, 9.17) is 5.73 Å². The molecule has 19 heavy (non-hydrogen) atoms. The molecule has 1 aromatic carbocycles. The second kappa shape index (κ2) is 7.29. The number of carbonyl (C=O) groups excluding carboxylic acids is 1. The zero-order valence-electron chi connectivity index (χ0n) is 12.4. The van der Waals surface area contributed by atoms with E-state index in [2.05, 4.69) is 43.4 Å². The molecule has 0 bridgehead atoms. The van der Waals surface area contributed by atoms with Gasteiger partial charge >= 0.3 is 0 Å². The number of nitrogens with two attached hydrogens (primary N) is 1. The van der Waals surface area contributed by atoms with Gasteiger partial charge in [0.25, 0.3) is 0 Å². The highest BCUT2D eigenvalue weighted by molar-refractivity contribution is 5.83. The molecule has 0 aliphatic carbocycles. The van der Waals surface area contributed by atoms with Crippen LogP contribution in [0, 0.1) is 0 Å². The van der Waals surface area contributed by atoms with E-state index in [1.54, 1.807) is 0 Å². The first-order chi connectivity index (χ1) is 8.95. The van der Waals surface area contributed by atoms with Gasteiger partial charge in [-0.25, -0.2) is 0 Å². The third kappa shape index (κ3) is 4.67. The first kappa shape index (κ1) is 15.7. The summed E-state index contributed by atoms with van der Waals surface area (Å²) in [7, 11) is 0. The lowest BCUT2D eigenvalue weighted by Gasteiger charge is -2.19. The molecule has 1 rings (SSSR count). The normalized spacial score (nSPS) is 12.8. The minimum Gasteiger partial charge on any atom is -0.353 e. The van der Waals surface area contributed by atoms with Crippen LogP contribution in [0.5, 0.6) is 0 Å². The third-order valence-electron chi connectivity index (χ3n) is 3.21. The van der Waals surface area contributed by atoms with E-state index in [0.717, 1.165) is 5.56 Å². The molecule has 1 amide bonds. The summed E-state index contributed by atoms with van der Waals surface area (Å²) in [6.45, 7) is 8.79. The van der Waals surface area contributed by atoms with Gasteiger partial charge in [0.2, 0.25) is 5.91 Å². The van der Waals surface area contributed by atoms with Crippen molar-refractivity contribution >= 4 is 5.91 Å². The summed E-state index contributed by atoms with van der Waals surface area (Å²) in [6, 6.07) is 8.46. The van der Waals surface area contributed by atoms with Crippen molar-refractivity contribution in [1.82, 2.24) is 5.32 Å². The fourth-order valence-electron chi connectivity index (χ4n) is 2.11.